The topological polar surface area (TPSA) is 60.5 Å². The molecule has 5 nitrogen and oxygen atoms in total. The van der Waals surface area contributed by atoms with E-state index in [1.165, 1.54) is 25.5 Å². The molecule has 122 valence electrons. The summed E-state index contributed by atoms with van der Waals surface area (Å²) in [5.41, 5.74) is 2.05. The second kappa shape index (κ2) is 8.78. The first-order valence-corrected chi connectivity index (χ1v) is 7.75. The van der Waals surface area contributed by atoms with Crippen LogP contribution in [0.15, 0.2) is 42.6 Å². The number of hydrogen-bond donors (Lipinski definition) is 1. The van der Waals surface area contributed by atoms with Gasteiger partial charge in [0.2, 0.25) is 5.88 Å². The average Bonchev–Trinajstić information content (AvgIpc) is 2.60. The van der Waals surface area contributed by atoms with Gasteiger partial charge in [-0.15, -0.1) is 0 Å². The number of carbonyl (C=O) groups is 1. The van der Waals surface area contributed by atoms with Gasteiger partial charge in [-0.3, -0.25) is 4.79 Å². The van der Waals surface area contributed by atoms with Crippen LogP contribution in [0.3, 0.4) is 0 Å². The van der Waals surface area contributed by atoms with Crippen LogP contribution in [0.5, 0.6) is 11.6 Å². The Balaban J connectivity index is 1.88. The molecule has 0 radical (unpaired) electrons. The van der Waals surface area contributed by atoms with E-state index in [0.29, 0.717) is 5.88 Å². The number of carbonyl (C=O) groups excluding carboxylic acids is 1. The van der Waals surface area contributed by atoms with Crippen LogP contribution in [0.25, 0.3) is 0 Å². The predicted octanol–water partition coefficient (Wildman–Crippen LogP) is 3.80. The van der Waals surface area contributed by atoms with Gasteiger partial charge in [0.25, 0.3) is 0 Å². The highest BCUT2D eigenvalue weighted by atomic mass is 16.5. The van der Waals surface area contributed by atoms with E-state index in [0.717, 1.165) is 17.9 Å². The number of pyridine rings is 1. The largest absolute Gasteiger partial charge is 0.468 e. The lowest BCUT2D eigenvalue weighted by molar-refractivity contribution is -0.138. The third-order valence-corrected chi connectivity index (χ3v) is 3.37. The molecule has 1 N–H and O–H groups in total. The zero-order valence-electron chi connectivity index (χ0n) is 13.5. The number of esters is 1. The van der Waals surface area contributed by atoms with E-state index in [4.69, 9.17) is 4.74 Å². The van der Waals surface area contributed by atoms with Crippen LogP contribution in [0.1, 0.15) is 25.3 Å². The van der Waals surface area contributed by atoms with Crippen LogP contribution in [0.2, 0.25) is 0 Å². The Morgan fingerprint density at radius 1 is 1.17 bits per heavy atom. The van der Waals surface area contributed by atoms with Crippen molar-refractivity contribution in [2.24, 2.45) is 0 Å². The monoisotopic (exact) mass is 314 g/mol. The SMILES string of the molecule is CCCCc1ccc(Oc2ccc(NCC(=O)OC)cn2)cc1. The molecule has 0 fully saturated rings. The summed E-state index contributed by atoms with van der Waals surface area (Å²) in [5.74, 6) is 0.941. The molecule has 2 rings (SSSR count). The summed E-state index contributed by atoms with van der Waals surface area (Å²) < 4.78 is 10.3. The van der Waals surface area contributed by atoms with Gasteiger partial charge in [-0.05, 0) is 36.6 Å². The zero-order valence-corrected chi connectivity index (χ0v) is 13.5. The molecule has 1 heterocycles. The first kappa shape index (κ1) is 16.8. The van der Waals surface area contributed by atoms with Gasteiger partial charge < -0.3 is 14.8 Å². The number of rotatable bonds is 8. The van der Waals surface area contributed by atoms with Crippen LogP contribution >= 0.6 is 0 Å². The minimum absolute atomic E-state index is 0.109. The fraction of sp³-hybridized carbons (Fsp3) is 0.333. The number of nitrogens with one attached hydrogen (secondary N) is 1. The van der Waals surface area contributed by atoms with Gasteiger partial charge in [0.15, 0.2) is 0 Å². The minimum atomic E-state index is -0.325. The van der Waals surface area contributed by atoms with Crippen molar-refractivity contribution in [1.29, 1.82) is 0 Å². The highest BCUT2D eigenvalue weighted by Crippen LogP contribution is 2.21. The molecule has 0 unspecified atom stereocenters. The fourth-order valence-corrected chi connectivity index (χ4v) is 2.02. The Bertz CT molecular complexity index is 609. The quantitative estimate of drug-likeness (QED) is 0.751. The lowest BCUT2D eigenvalue weighted by Gasteiger charge is -2.08. The molecular formula is C18H22N2O3. The summed E-state index contributed by atoms with van der Waals surface area (Å²) >= 11 is 0. The van der Waals surface area contributed by atoms with Crippen molar-refractivity contribution < 1.29 is 14.3 Å². The maximum atomic E-state index is 11.1. The number of hydrogen-bond acceptors (Lipinski definition) is 5. The molecule has 1 aromatic carbocycles. The first-order chi connectivity index (χ1) is 11.2. The van der Waals surface area contributed by atoms with Crippen molar-refractivity contribution in [3.8, 4) is 11.6 Å². The van der Waals surface area contributed by atoms with Crippen molar-refractivity contribution in [2.45, 2.75) is 26.2 Å². The zero-order chi connectivity index (χ0) is 16.5. The Morgan fingerprint density at radius 2 is 1.96 bits per heavy atom. The second-order valence-corrected chi connectivity index (χ2v) is 5.16. The number of aryl methyl sites for hydroxylation is 1. The molecule has 0 saturated carbocycles. The molecule has 0 atom stereocenters. The maximum Gasteiger partial charge on any atom is 0.325 e. The lowest BCUT2D eigenvalue weighted by atomic mass is 10.1. The van der Waals surface area contributed by atoms with Gasteiger partial charge in [0, 0.05) is 6.07 Å². The van der Waals surface area contributed by atoms with E-state index in [1.807, 2.05) is 12.1 Å². The molecule has 0 bridgehead atoms. The van der Waals surface area contributed by atoms with Crippen molar-refractivity contribution in [3.05, 3.63) is 48.2 Å². The number of benzene rings is 1. The summed E-state index contributed by atoms with van der Waals surface area (Å²) in [6.07, 6.45) is 5.10. The molecule has 1 aromatic heterocycles. The number of ether oxygens (including phenoxy) is 2. The van der Waals surface area contributed by atoms with Crippen LogP contribution in [0, 0.1) is 0 Å². The second-order valence-electron chi connectivity index (χ2n) is 5.16. The summed E-state index contributed by atoms with van der Waals surface area (Å²) in [7, 11) is 1.35. The van der Waals surface area contributed by atoms with Crippen molar-refractivity contribution in [2.75, 3.05) is 19.0 Å². The highest BCUT2D eigenvalue weighted by molar-refractivity contribution is 5.74. The minimum Gasteiger partial charge on any atom is -0.468 e. The lowest BCUT2D eigenvalue weighted by Crippen LogP contribution is -2.14. The molecule has 0 aliphatic heterocycles. The van der Waals surface area contributed by atoms with Gasteiger partial charge >= 0.3 is 5.97 Å². The van der Waals surface area contributed by atoms with E-state index < -0.39 is 0 Å². The normalized spacial score (nSPS) is 10.2. The molecular weight excluding hydrogens is 292 g/mol. The maximum absolute atomic E-state index is 11.1. The Morgan fingerprint density at radius 3 is 2.57 bits per heavy atom. The number of unbranched alkanes of at least 4 members (excludes halogenated alkanes) is 1. The number of anilines is 1. The molecule has 2 aromatic rings. The molecule has 0 aliphatic rings. The summed E-state index contributed by atoms with van der Waals surface area (Å²) in [5, 5.41) is 2.92. The molecule has 0 amide bonds. The highest BCUT2D eigenvalue weighted by Gasteiger charge is 2.02. The van der Waals surface area contributed by atoms with Crippen molar-refractivity contribution >= 4 is 11.7 Å². The summed E-state index contributed by atoms with van der Waals surface area (Å²) in [6.45, 7) is 2.30. The number of aromatic nitrogens is 1. The fourth-order valence-electron chi connectivity index (χ4n) is 2.02. The summed E-state index contributed by atoms with van der Waals surface area (Å²) in [6, 6.07) is 11.6. The third kappa shape index (κ3) is 5.62. The standard InChI is InChI=1S/C18H22N2O3/c1-3-4-5-14-6-9-16(10-7-14)23-17-11-8-15(12-20-17)19-13-18(21)22-2/h6-12,19H,3-5,13H2,1-2H3. The average molecular weight is 314 g/mol. The Kier molecular flexibility index (Phi) is 6.41. The molecule has 5 heteroatoms. The molecule has 0 saturated heterocycles. The van der Waals surface area contributed by atoms with E-state index in [9.17, 15) is 4.79 Å². The van der Waals surface area contributed by atoms with Gasteiger partial charge in [0.1, 0.15) is 12.3 Å². The summed E-state index contributed by atoms with van der Waals surface area (Å²) in [4.78, 5) is 15.3. The Labute approximate surface area is 136 Å². The first-order valence-electron chi connectivity index (χ1n) is 7.75. The molecule has 23 heavy (non-hydrogen) atoms. The van der Waals surface area contributed by atoms with Crippen LogP contribution < -0.4 is 10.1 Å². The van der Waals surface area contributed by atoms with Crippen LogP contribution in [0.4, 0.5) is 5.69 Å². The number of nitrogens with zero attached hydrogens (tertiary/aromatic N) is 1. The predicted molar refractivity (Wildman–Crippen MR) is 89.9 cm³/mol. The van der Waals surface area contributed by atoms with E-state index in [2.05, 4.69) is 34.1 Å². The van der Waals surface area contributed by atoms with E-state index in [-0.39, 0.29) is 12.5 Å². The number of methoxy groups -OCH3 is 1. The van der Waals surface area contributed by atoms with Crippen molar-refractivity contribution in [1.82, 2.24) is 4.98 Å². The Hall–Kier alpha value is -2.56. The van der Waals surface area contributed by atoms with E-state index >= 15 is 0 Å². The smallest absolute Gasteiger partial charge is 0.325 e. The molecule has 0 aliphatic carbocycles. The van der Waals surface area contributed by atoms with Gasteiger partial charge in [0.05, 0.1) is 19.0 Å². The van der Waals surface area contributed by atoms with Gasteiger partial charge in [-0.1, -0.05) is 25.5 Å². The molecule has 0 spiro atoms. The van der Waals surface area contributed by atoms with Crippen LogP contribution in [-0.2, 0) is 16.0 Å². The van der Waals surface area contributed by atoms with E-state index in [1.54, 1.807) is 18.3 Å². The van der Waals surface area contributed by atoms with Gasteiger partial charge in [-0.2, -0.15) is 0 Å². The third-order valence-electron chi connectivity index (χ3n) is 3.37. The van der Waals surface area contributed by atoms with Crippen molar-refractivity contribution in [3.63, 3.8) is 0 Å². The van der Waals surface area contributed by atoms with Crippen LogP contribution in [-0.4, -0.2) is 24.6 Å². The van der Waals surface area contributed by atoms with Gasteiger partial charge in [-0.25, -0.2) is 4.98 Å².